The second-order valence-corrected chi connectivity index (χ2v) is 7.72. The minimum absolute atomic E-state index is 0.243. The smallest absolute Gasteiger partial charge is 0.325 e. The summed E-state index contributed by atoms with van der Waals surface area (Å²) in [7, 11) is 0. The van der Waals surface area contributed by atoms with Gasteiger partial charge in [0, 0.05) is 31.7 Å². The number of ether oxygens (including phenoxy) is 2. The number of nitrogens with zero attached hydrogens (tertiary/aromatic N) is 2. The van der Waals surface area contributed by atoms with Crippen LogP contribution in [0.15, 0.2) is 24.3 Å². The van der Waals surface area contributed by atoms with Gasteiger partial charge in [0.15, 0.2) is 0 Å². The van der Waals surface area contributed by atoms with Crippen LogP contribution in [0.4, 0.5) is 0 Å². The summed E-state index contributed by atoms with van der Waals surface area (Å²) < 4.78 is 10.6. The Morgan fingerprint density at radius 3 is 1.64 bits per heavy atom. The molecule has 0 aromatic heterocycles. The van der Waals surface area contributed by atoms with Crippen LogP contribution in [0.25, 0.3) is 0 Å². The summed E-state index contributed by atoms with van der Waals surface area (Å²) in [5.74, 6) is -4.26. The van der Waals surface area contributed by atoms with E-state index in [1.165, 1.54) is 21.9 Å². The lowest BCUT2D eigenvalue weighted by Gasteiger charge is -2.45. The van der Waals surface area contributed by atoms with Crippen LogP contribution < -0.4 is 24.8 Å². The average molecular weight is 463 g/mol. The highest BCUT2D eigenvalue weighted by atomic mass is 16.5. The van der Waals surface area contributed by atoms with Crippen molar-refractivity contribution in [1.29, 1.82) is 0 Å². The predicted octanol–water partition coefficient (Wildman–Crippen LogP) is -2.84. The normalized spacial score (nSPS) is 18.2. The van der Waals surface area contributed by atoms with E-state index in [2.05, 4.69) is 0 Å². The first-order valence-corrected chi connectivity index (χ1v) is 10.7. The Morgan fingerprint density at radius 2 is 1.21 bits per heavy atom. The highest BCUT2D eigenvalue weighted by molar-refractivity contribution is 5.76. The summed E-state index contributed by atoms with van der Waals surface area (Å²) in [6, 6.07) is 5.09. The van der Waals surface area contributed by atoms with Gasteiger partial charge in [-0.05, 0) is 44.0 Å². The van der Waals surface area contributed by atoms with Gasteiger partial charge in [-0.2, -0.15) is 0 Å². The molecule has 11 nitrogen and oxygen atoms in total. The summed E-state index contributed by atoms with van der Waals surface area (Å²) in [4.78, 5) is 48.8. The van der Waals surface area contributed by atoms with Gasteiger partial charge >= 0.3 is 5.97 Å². The van der Waals surface area contributed by atoms with E-state index in [-0.39, 0.29) is 5.75 Å². The van der Waals surface area contributed by atoms with E-state index >= 15 is 0 Å². The van der Waals surface area contributed by atoms with Gasteiger partial charge in [0.05, 0.1) is 31.1 Å². The van der Waals surface area contributed by atoms with E-state index in [1.807, 2.05) is 6.92 Å². The van der Waals surface area contributed by atoms with Gasteiger partial charge in [-0.1, -0.05) is 12.8 Å². The molecule has 0 radical (unpaired) electrons. The van der Waals surface area contributed by atoms with Crippen LogP contribution in [0.3, 0.4) is 0 Å². The quantitative estimate of drug-likeness (QED) is 0.219. The number of aliphatic carboxylic acids is 3. The topological polar surface area (TPSA) is 162 Å². The standard InChI is InChI=1S/C22H30N2O9/c1-2-32-15-7-9-16(10-8-15)33-22(31)14-24(13-21(29)30)18-6-4-3-5-17(18)23(11-19(25)26)12-20(27)28/h7-10,17-18H,2-6,11-14H2,1H3,(H,25,26)(H,27,28)(H,29,30)/p-3/t17-,18-/m1/s1. The Bertz CT molecular complexity index is 812. The van der Waals surface area contributed by atoms with Crippen LogP contribution in [-0.4, -0.2) is 78.5 Å². The van der Waals surface area contributed by atoms with Gasteiger partial charge < -0.3 is 39.2 Å². The fourth-order valence-electron chi connectivity index (χ4n) is 4.12. The number of carboxylic acids is 3. The Hall–Kier alpha value is -3.18. The molecule has 0 bridgehead atoms. The number of benzene rings is 1. The van der Waals surface area contributed by atoms with Gasteiger partial charge in [-0.3, -0.25) is 14.6 Å². The third kappa shape index (κ3) is 8.70. The van der Waals surface area contributed by atoms with Crippen molar-refractivity contribution in [3.8, 4) is 11.5 Å². The number of esters is 1. The number of carboxylic acid groups (broad SMARTS) is 3. The van der Waals surface area contributed by atoms with Crippen LogP contribution in [0.1, 0.15) is 32.6 Å². The first-order valence-electron chi connectivity index (χ1n) is 10.7. The number of hydrogen-bond acceptors (Lipinski definition) is 11. The predicted molar refractivity (Wildman–Crippen MR) is 107 cm³/mol. The molecule has 0 spiro atoms. The maximum absolute atomic E-state index is 12.6. The molecule has 1 aromatic rings. The molecule has 2 rings (SSSR count). The lowest BCUT2D eigenvalue weighted by molar-refractivity contribution is -0.313. The molecule has 1 aliphatic carbocycles. The maximum Gasteiger partial charge on any atom is 0.325 e. The van der Waals surface area contributed by atoms with Crippen molar-refractivity contribution in [2.24, 2.45) is 0 Å². The van der Waals surface area contributed by atoms with Gasteiger partial charge in [0.2, 0.25) is 0 Å². The Kier molecular flexibility index (Phi) is 10.1. The molecule has 0 amide bonds. The molecular weight excluding hydrogens is 436 g/mol. The van der Waals surface area contributed by atoms with Crippen molar-refractivity contribution in [3.05, 3.63) is 24.3 Å². The van der Waals surface area contributed by atoms with Crippen LogP contribution in [0.5, 0.6) is 11.5 Å². The number of hydrogen-bond donors (Lipinski definition) is 0. The minimum atomic E-state index is -1.47. The van der Waals surface area contributed by atoms with Gasteiger partial charge in [0.1, 0.15) is 11.5 Å². The van der Waals surface area contributed by atoms with Crippen molar-refractivity contribution in [2.75, 3.05) is 32.8 Å². The molecule has 1 aromatic carbocycles. The largest absolute Gasteiger partial charge is 0.549 e. The van der Waals surface area contributed by atoms with Crippen molar-refractivity contribution in [2.45, 2.75) is 44.7 Å². The minimum Gasteiger partial charge on any atom is -0.549 e. The highest BCUT2D eigenvalue weighted by Crippen LogP contribution is 2.27. The molecular formula is C22H27N2O9-3. The van der Waals surface area contributed by atoms with Crippen LogP contribution in [0.2, 0.25) is 0 Å². The molecule has 182 valence electrons. The lowest BCUT2D eigenvalue weighted by Crippen LogP contribution is -2.59. The van der Waals surface area contributed by atoms with E-state index in [0.29, 0.717) is 38.0 Å². The van der Waals surface area contributed by atoms with E-state index < -0.39 is 62.1 Å². The summed E-state index contributed by atoms with van der Waals surface area (Å²) in [6.07, 6.45) is 2.24. The monoisotopic (exact) mass is 463 g/mol. The van der Waals surface area contributed by atoms with Crippen molar-refractivity contribution in [1.82, 2.24) is 9.80 Å². The molecule has 1 aliphatic rings. The second kappa shape index (κ2) is 12.8. The first-order chi connectivity index (χ1) is 15.7. The highest BCUT2D eigenvalue weighted by Gasteiger charge is 2.35. The maximum atomic E-state index is 12.6. The molecule has 0 N–H and O–H groups in total. The molecule has 0 aliphatic heterocycles. The second-order valence-electron chi connectivity index (χ2n) is 7.72. The van der Waals surface area contributed by atoms with E-state index in [0.717, 1.165) is 0 Å². The molecule has 2 atom stereocenters. The van der Waals surface area contributed by atoms with E-state index in [9.17, 15) is 34.5 Å². The van der Waals surface area contributed by atoms with Crippen molar-refractivity contribution in [3.63, 3.8) is 0 Å². The number of carbonyl (C=O) groups is 4. The third-order valence-electron chi connectivity index (χ3n) is 5.33. The van der Waals surface area contributed by atoms with E-state index in [4.69, 9.17) is 9.47 Å². The van der Waals surface area contributed by atoms with Gasteiger partial charge in [-0.15, -0.1) is 0 Å². The first kappa shape index (κ1) is 26.1. The molecule has 1 saturated carbocycles. The zero-order chi connectivity index (χ0) is 24.4. The summed E-state index contributed by atoms with van der Waals surface area (Å²) in [5, 5.41) is 33.7. The lowest BCUT2D eigenvalue weighted by atomic mass is 9.87. The third-order valence-corrected chi connectivity index (χ3v) is 5.33. The van der Waals surface area contributed by atoms with Gasteiger partial charge in [-0.25, -0.2) is 0 Å². The molecule has 0 heterocycles. The van der Waals surface area contributed by atoms with Crippen LogP contribution in [-0.2, 0) is 19.2 Å². The Morgan fingerprint density at radius 1 is 0.788 bits per heavy atom. The molecule has 33 heavy (non-hydrogen) atoms. The zero-order valence-electron chi connectivity index (χ0n) is 18.4. The number of rotatable bonds is 13. The van der Waals surface area contributed by atoms with Crippen LogP contribution >= 0.6 is 0 Å². The SMILES string of the molecule is CCOc1ccc(OC(=O)CN(CC(=O)[O-])[C@@H]2CCCC[C@H]2N(CC(=O)[O-])CC(=O)[O-])cc1. The molecule has 0 saturated heterocycles. The Balaban J connectivity index is 2.17. The van der Waals surface area contributed by atoms with Crippen molar-refractivity contribution < 1.29 is 44.0 Å². The molecule has 1 fully saturated rings. The number of carbonyl (C=O) groups excluding carboxylic acids is 4. The summed E-state index contributed by atoms with van der Waals surface area (Å²) in [6.45, 7) is -0.0288. The zero-order valence-corrected chi connectivity index (χ0v) is 18.4. The summed E-state index contributed by atoms with van der Waals surface area (Å²) in [5.41, 5.74) is 0. The fraction of sp³-hybridized carbons (Fsp3) is 0.545. The van der Waals surface area contributed by atoms with Gasteiger partial charge in [0.25, 0.3) is 0 Å². The average Bonchev–Trinajstić information content (AvgIpc) is 2.73. The molecule has 11 heteroatoms. The van der Waals surface area contributed by atoms with Crippen LogP contribution in [0, 0.1) is 0 Å². The Labute approximate surface area is 191 Å². The fourth-order valence-corrected chi connectivity index (χ4v) is 4.12. The van der Waals surface area contributed by atoms with E-state index in [1.54, 1.807) is 12.1 Å². The summed E-state index contributed by atoms with van der Waals surface area (Å²) >= 11 is 0. The molecule has 0 unspecified atom stereocenters. The van der Waals surface area contributed by atoms with Crippen molar-refractivity contribution >= 4 is 23.9 Å².